The van der Waals surface area contributed by atoms with E-state index >= 15 is 0 Å². The van der Waals surface area contributed by atoms with Gasteiger partial charge in [-0.3, -0.25) is 14.3 Å². The van der Waals surface area contributed by atoms with Gasteiger partial charge in [-0.1, -0.05) is 0 Å². The Hall–Kier alpha value is -3.29. The van der Waals surface area contributed by atoms with Crippen molar-refractivity contribution < 1.29 is 9.53 Å². The second-order valence-electron chi connectivity index (χ2n) is 4.26. The van der Waals surface area contributed by atoms with Crippen LogP contribution in [0.5, 0.6) is 5.75 Å². The van der Waals surface area contributed by atoms with Crippen LogP contribution in [0.4, 0.5) is 5.82 Å². The standard InChI is InChI=1S/C14H12N6O2/c21-14(8-22-11-2-1-3-15-7-11)19-12-6-13(18-9-17-12)20-5-4-16-10-20/h1-7,9-10H,8H2,(H,17,18,19,21). The smallest absolute Gasteiger partial charge is 0.263 e. The Bertz CT molecular complexity index is 745. The SMILES string of the molecule is O=C(COc1cccnc1)Nc1cc(-n2ccnc2)ncn1. The van der Waals surface area contributed by atoms with E-state index in [9.17, 15) is 4.79 Å². The van der Waals surface area contributed by atoms with Crippen LogP contribution in [0.3, 0.4) is 0 Å². The molecule has 0 bridgehead atoms. The first-order valence-electron chi connectivity index (χ1n) is 6.44. The van der Waals surface area contributed by atoms with E-state index in [0.29, 0.717) is 17.4 Å². The van der Waals surface area contributed by atoms with Crippen molar-refractivity contribution >= 4 is 11.7 Å². The highest BCUT2D eigenvalue weighted by atomic mass is 16.5. The molecule has 0 aliphatic carbocycles. The topological polar surface area (TPSA) is 94.8 Å². The number of aromatic nitrogens is 5. The van der Waals surface area contributed by atoms with Gasteiger partial charge in [0.05, 0.1) is 6.20 Å². The molecule has 3 heterocycles. The molecule has 0 radical (unpaired) electrons. The summed E-state index contributed by atoms with van der Waals surface area (Å²) in [6.07, 6.45) is 9.54. The van der Waals surface area contributed by atoms with E-state index < -0.39 is 0 Å². The molecule has 0 saturated heterocycles. The predicted octanol–water partition coefficient (Wildman–Crippen LogP) is 1.07. The molecule has 1 N–H and O–H groups in total. The van der Waals surface area contributed by atoms with Gasteiger partial charge in [-0.05, 0) is 12.1 Å². The molecule has 3 aromatic rings. The number of hydrogen-bond donors (Lipinski definition) is 1. The van der Waals surface area contributed by atoms with Gasteiger partial charge < -0.3 is 10.1 Å². The fourth-order valence-corrected chi connectivity index (χ4v) is 1.71. The molecule has 0 aromatic carbocycles. The van der Waals surface area contributed by atoms with E-state index in [1.165, 1.54) is 12.5 Å². The lowest BCUT2D eigenvalue weighted by atomic mass is 10.4. The molecule has 0 spiro atoms. The molecule has 110 valence electrons. The van der Waals surface area contributed by atoms with Crippen molar-refractivity contribution in [3.8, 4) is 11.6 Å². The maximum atomic E-state index is 11.8. The van der Waals surface area contributed by atoms with Crippen molar-refractivity contribution in [1.29, 1.82) is 0 Å². The van der Waals surface area contributed by atoms with Crippen LogP contribution in [-0.4, -0.2) is 37.0 Å². The summed E-state index contributed by atoms with van der Waals surface area (Å²) in [5.74, 6) is 1.20. The minimum Gasteiger partial charge on any atom is -0.482 e. The van der Waals surface area contributed by atoms with Gasteiger partial charge in [-0.15, -0.1) is 0 Å². The van der Waals surface area contributed by atoms with Crippen molar-refractivity contribution in [3.63, 3.8) is 0 Å². The zero-order valence-corrected chi connectivity index (χ0v) is 11.5. The molecule has 8 heteroatoms. The number of carbonyl (C=O) groups is 1. The summed E-state index contributed by atoms with van der Waals surface area (Å²) in [5.41, 5.74) is 0. The third-order valence-corrected chi connectivity index (χ3v) is 2.69. The summed E-state index contributed by atoms with van der Waals surface area (Å²) in [5, 5.41) is 2.65. The van der Waals surface area contributed by atoms with Crippen LogP contribution < -0.4 is 10.1 Å². The minimum absolute atomic E-state index is 0.129. The number of anilines is 1. The molecule has 0 aliphatic rings. The quantitative estimate of drug-likeness (QED) is 0.757. The zero-order chi connectivity index (χ0) is 15.2. The number of amides is 1. The van der Waals surface area contributed by atoms with Crippen molar-refractivity contribution in [1.82, 2.24) is 24.5 Å². The number of hydrogen-bond acceptors (Lipinski definition) is 6. The molecule has 0 unspecified atom stereocenters. The first kappa shape index (κ1) is 13.7. The molecular formula is C14H12N6O2. The molecule has 0 aliphatic heterocycles. The summed E-state index contributed by atoms with van der Waals surface area (Å²) in [4.78, 5) is 27.8. The van der Waals surface area contributed by atoms with E-state index in [-0.39, 0.29) is 12.5 Å². The van der Waals surface area contributed by atoms with Crippen LogP contribution in [0.25, 0.3) is 5.82 Å². The number of nitrogens with one attached hydrogen (secondary N) is 1. The van der Waals surface area contributed by atoms with Crippen molar-refractivity contribution in [2.45, 2.75) is 0 Å². The number of rotatable bonds is 5. The van der Waals surface area contributed by atoms with Gasteiger partial charge in [0.25, 0.3) is 5.91 Å². The van der Waals surface area contributed by atoms with E-state index in [1.807, 2.05) is 0 Å². The van der Waals surface area contributed by atoms with Crippen LogP contribution in [-0.2, 0) is 4.79 Å². The lowest BCUT2D eigenvalue weighted by Gasteiger charge is -2.07. The Labute approximate surface area is 125 Å². The summed E-state index contributed by atoms with van der Waals surface area (Å²) >= 11 is 0. The maximum Gasteiger partial charge on any atom is 0.263 e. The first-order chi connectivity index (χ1) is 10.8. The van der Waals surface area contributed by atoms with Gasteiger partial charge in [0.1, 0.15) is 30.0 Å². The Kier molecular flexibility index (Phi) is 4.01. The monoisotopic (exact) mass is 296 g/mol. The average Bonchev–Trinajstić information content (AvgIpc) is 3.09. The molecule has 1 amide bonds. The van der Waals surface area contributed by atoms with Crippen molar-refractivity contribution in [3.05, 3.63) is 55.6 Å². The van der Waals surface area contributed by atoms with Crippen molar-refractivity contribution in [2.75, 3.05) is 11.9 Å². The number of carbonyl (C=O) groups excluding carboxylic acids is 1. The van der Waals surface area contributed by atoms with Gasteiger partial charge in [0.15, 0.2) is 6.61 Å². The Balaban J connectivity index is 1.61. The molecule has 3 aromatic heterocycles. The van der Waals surface area contributed by atoms with Gasteiger partial charge in [-0.25, -0.2) is 15.0 Å². The van der Waals surface area contributed by atoms with Crippen LogP contribution >= 0.6 is 0 Å². The third kappa shape index (κ3) is 3.42. The maximum absolute atomic E-state index is 11.8. The first-order valence-corrected chi connectivity index (χ1v) is 6.44. The Morgan fingerprint density at radius 3 is 3.00 bits per heavy atom. The average molecular weight is 296 g/mol. The van der Waals surface area contributed by atoms with E-state index in [2.05, 4.69) is 25.3 Å². The molecule has 8 nitrogen and oxygen atoms in total. The van der Waals surface area contributed by atoms with Crippen LogP contribution in [0.2, 0.25) is 0 Å². The lowest BCUT2D eigenvalue weighted by molar-refractivity contribution is -0.118. The van der Waals surface area contributed by atoms with Crippen LogP contribution in [0.1, 0.15) is 0 Å². The Morgan fingerprint density at radius 2 is 2.23 bits per heavy atom. The summed E-state index contributed by atoms with van der Waals surface area (Å²) in [7, 11) is 0. The summed E-state index contributed by atoms with van der Waals surface area (Å²) in [6.45, 7) is -0.129. The number of ether oxygens (including phenoxy) is 1. The molecule has 0 fully saturated rings. The fraction of sp³-hybridized carbons (Fsp3) is 0.0714. The van der Waals surface area contributed by atoms with Gasteiger partial charge >= 0.3 is 0 Å². The minimum atomic E-state index is -0.320. The lowest BCUT2D eigenvalue weighted by Crippen LogP contribution is -2.21. The highest BCUT2D eigenvalue weighted by Crippen LogP contribution is 2.09. The van der Waals surface area contributed by atoms with Crippen LogP contribution in [0.15, 0.2) is 55.6 Å². The predicted molar refractivity (Wildman–Crippen MR) is 77.5 cm³/mol. The molecule has 3 rings (SSSR count). The van der Waals surface area contributed by atoms with Gasteiger partial charge in [0, 0.05) is 24.7 Å². The Morgan fingerprint density at radius 1 is 1.27 bits per heavy atom. The highest BCUT2D eigenvalue weighted by Gasteiger charge is 2.06. The second-order valence-corrected chi connectivity index (χ2v) is 4.26. The summed E-state index contributed by atoms with van der Waals surface area (Å²) < 4.78 is 7.02. The molecule has 22 heavy (non-hydrogen) atoms. The number of pyridine rings is 1. The normalized spacial score (nSPS) is 10.2. The molecular weight excluding hydrogens is 284 g/mol. The van der Waals surface area contributed by atoms with Crippen molar-refractivity contribution in [2.24, 2.45) is 0 Å². The second kappa shape index (κ2) is 6.44. The number of nitrogens with zero attached hydrogens (tertiary/aromatic N) is 5. The molecule has 0 atom stereocenters. The largest absolute Gasteiger partial charge is 0.482 e. The van der Waals surface area contributed by atoms with E-state index in [1.54, 1.807) is 47.7 Å². The van der Waals surface area contributed by atoms with Gasteiger partial charge in [-0.2, -0.15) is 0 Å². The zero-order valence-electron chi connectivity index (χ0n) is 11.5. The van der Waals surface area contributed by atoms with E-state index in [4.69, 9.17) is 4.74 Å². The van der Waals surface area contributed by atoms with E-state index in [0.717, 1.165) is 0 Å². The third-order valence-electron chi connectivity index (χ3n) is 2.69. The number of imidazole rings is 1. The highest BCUT2D eigenvalue weighted by molar-refractivity contribution is 5.91. The van der Waals surface area contributed by atoms with Gasteiger partial charge in [0.2, 0.25) is 0 Å². The fourth-order valence-electron chi connectivity index (χ4n) is 1.71. The van der Waals surface area contributed by atoms with Crippen LogP contribution in [0, 0.1) is 0 Å². The summed E-state index contributed by atoms with van der Waals surface area (Å²) in [6, 6.07) is 5.10. The molecule has 0 saturated carbocycles.